The highest BCUT2D eigenvalue weighted by Gasteiger charge is 2.54. The monoisotopic (exact) mass is 280 g/mol. The summed E-state index contributed by atoms with van der Waals surface area (Å²) in [6.45, 7) is 7.93. The van der Waals surface area contributed by atoms with Gasteiger partial charge >= 0.3 is 13.1 Å². The normalized spacial score (nSPS) is 21.8. The van der Waals surface area contributed by atoms with Gasteiger partial charge in [-0.05, 0) is 27.7 Å². The number of carbonyl (C=O) groups excluding carboxylic acids is 1. The fourth-order valence-electron chi connectivity index (χ4n) is 2.14. The van der Waals surface area contributed by atoms with Crippen molar-refractivity contribution in [3.63, 3.8) is 0 Å². The third-order valence-corrected chi connectivity index (χ3v) is 4.13. The predicted octanol–water partition coefficient (Wildman–Crippen LogP) is 1.69. The SMILES string of the molecule is COC(=O)CC(B1OC(C)(C)C(C)(C)O1)c1cnc[nH]1. The van der Waals surface area contributed by atoms with E-state index in [1.807, 2.05) is 27.7 Å². The van der Waals surface area contributed by atoms with Crippen molar-refractivity contribution in [1.82, 2.24) is 9.97 Å². The van der Waals surface area contributed by atoms with E-state index in [1.54, 1.807) is 12.5 Å². The molecule has 0 aliphatic carbocycles. The zero-order chi connectivity index (χ0) is 15.0. The molecule has 7 heteroatoms. The molecule has 2 rings (SSSR count). The predicted molar refractivity (Wildman–Crippen MR) is 74.0 cm³/mol. The second-order valence-electron chi connectivity index (χ2n) is 6.02. The summed E-state index contributed by atoms with van der Waals surface area (Å²) in [7, 11) is 0.857. The molecule has 0 saturated carbocycles. The molecule has 1 fully saturated rings. The highest BCUT2D eigenvalue weighted by molar-refractivity contribution is 6.48. The molecule has 0 bridgehead atoms. The molecule has 2 heterocycles. The number of carbonyl (C=O) groups is 1. The van der Waals surface area contributed by atoms with Crippen molar-refractivity contribution >= 4 is 13.1 Å². The van der Waals surface area contributed by atoms with Crippen LogP contribution in [-0.4, -0.2) is 41.4 Å². The van der Waals surface area contributed by atoms with Gasteiger partial charge in [0.15, 0.2) is 0 Å². The minimum atomic E-state index is -0.514. The van der Waals surface area contributed by atoms with Crippen LogP contribution in [-0.2, 0) is 18.8 Å². The van der Waals surface area contributed by atoms with Gasteiger partial charge in [0.25, 0.3) is 0 Å². The molecule has 1 saturated heterocycles. The summed E-state index contributed by atoms with van der Waals surface area (Å²) in [5.41, 5.74) is -0.0770. The first-order valence-corrected chi connectivity index (χ1v) is 6.67. The van der Waals surface area contributed by atoms with E-state index in [0.717, 1.165) is 5.69 Å². The minimum absolute atomic E-state index is 0.176. The van der Waals surface area contributed by atoms with E-state index in [0.29, 0.717) is 0 Å². The number of ether oxygens (including phenoxy) is 1. The summed E-state index contributed by atoms with van der Waals surface area (Å²) in [6.07, 6.45) is 3.43. The number of nitrogens with zero attached hydrogens (tertiary/aromatic N) is 1. The second kappa shape index (κ2) is 5.22. The highest BCUT2D eigenvalue weighted by atomic mass is 16.7. The fourth-order valence-corrected chi connectivity index (χ4v) is 2.14. The van der Waals surface area contributed by atoms with Crippen molar-refractivity contribution in [3.05, 3.63) is 18.2 Å². The Hall–Kier alpha value is -1.34. The van der Waals surface area contributed by atoms with E-state index in [1.165, 1.54) is 7.11 Å². The van der Waals surface area contributed by atoms with E-state index in [9.17, 15) is 4.79 Å². The molecule has 0 spiro atoms. The average molecular weight is 280 g/mol. The first kappa shape index (κ1) is 15.1. The number of aromatic amines is 1. The van der Waals surface area contributed by atoms with Crippen LogP contribution in [0.4, 0.5) is 0 Å². The van der Waals surface area contributed by atoms with Crippen LogP contribution >= 0.6 is 0 Å². The number of esters is 1. The highest BCUT2D eigenvalue weighted by Crippen LogP contribution is 2.41. The maximum atomic E-state index is 11.6. The van der Waals surface area contributed by atoms with Gasteiger partial charge in [0, 0.05) is 17.7 Å². The maximum absolute atomic E-state index is 11.6. The number of rotatable bonds is 4. The van der Waals surface area contributed by atoms with Crippen LogP contribution in [0.5, 0.6) is 0 Å². The summed E-state index contributed by atoms with van der Waals surface area (Å²) in [5.74, 6) is -0.578. The van der Waals surface area contributed by atoms with Crippen LogP contribution in [0.25, 0.3) is 0 Å². The summed E-state index contributed by atoms with van der Waals surface area (Å²) in [5, 5.41) is 0. The standard InChI is InChI=1S/C13H21BN2O4/c1-12(2)13(3,4)20-14(19-12)9(6-11(17)18-5)10-7-15-8-16-10/h7-9H,6H2,1-5H3,(H,15,16). The Morgan fingerprint density at radius 3 is 2.45 bits per heavy atom. The lowest BCUT2D eigenvalue weighted by Gasteiger charge is -2.32. The van der Waals surface area contributed by atoms with Crippen molar-refractivity contribution in [2.75, 3.05) is 7.11 Å². The van der Waals surface area contributed by atoms with Crippen molar-refractivity contribution < 1.29 is 18.8 Å². The molecule has 1 N–H and O–H groups in total. The lowest BCUT2D eigenvalue weighted by molar-refractivity contribution is -0.140. The zero-order valence-electron chi connectivity index (χ0n) is 12.6. The number of aromatic nitrogens is 2. The molecule has 1 aliphatic rings. The molecule has 110 valence electrons. The van der Waals surface area contributed by atoms with E-state index < -0.39 is 18.3 Å². The number of methoxy groups -OCH3 is 1. The molecule has 0 amide bonds. The van der Waals surface area contributed by atoms with Crippen LogP contribution < -0.4 is 0 Å². The first-order chi connectivity index (χ1) is 9.27. The Balaban J connectivity index is 2.23. The molecular weight excluding hydrogens is 259 g/mol. The second-order valence-corrected chi connectivity index (χ2v) is 6.02. The number of hydrogen-bond acceptors (Lipinski definition) is 5. The molecular formula is C13H21BN2O4. The minimum Gasteiger partial charge on any atom is -0.469 e. The third-order valence-electron chi connectivity index (χ3n) is 4.13. The van der Waals surface area contributed by atoms with Gasteiger partial charge in [-0.2, -0.15) is 0 Å². The Labute approximate surface area is 119 Å². The van der Waals surface area contributed by atoms with Gasteiger partial charge in [-0.25, -0.2) is 4.98 Å². The Morgan fingerprint density at radius 1 is 1.40 bits per heavy atom. The molecule has 1 aromatic heterocycles. The summed E-state index contributed by atoms with van der Waals surface area (Å²) in [4.78, 5) is 18.7. The van der Waals surface area contributed by atoms with Gasteiger partial charge in [-0.15, -0.1) is 0 Å². The Bertz CT molecular complexity index is 457. The number of nitrogens with one attached hydrogen (secondary N) is 1. The summed E-state index contributed by atoms with van der Waals surface area (Å²) < 4.78 is 16.8. The summed E-state index contributed by atoms with van der Waals surface area (Å²) >= 11 is 0. The number of imidazole rings is 1. The fraction of sp³-hybridized carbons (Fsp3) is 0.692. The van der Waals surface area contributed by atoms with Crippen LogP contribution in [0.1, 0.15) is 45.6 Å². The van der Waals surface area contributed by atoms with Crippen molar-refractivity contribution in [3.8, 4) is 0 Å². The van der Waals surface area contributed by atoms with Crippen LogP contribution in [0, 0.1) is 0 Å². The molecule has 1 aromatic rings. The van der Waals surface area contributed by atoms with Crippen molar-refractivity contribution in [2.24, 2.45) is 0 Å². The Morgan fingerprint density at radius 2 is 2.00 bits per heavy atom. The molecule has 0 aromatic carbocycles. The lowest BCUT2D eigenvalue weighted by atomic mass is 9.68. The summed E-state index contributed by atoms with van der Waals surface area (Å²) in [6, 6.07) is 0. The van der Waals surface area contributed by atoms with Gasteiger partial charge in [0.05, 0.1) is 31.1 Å². The third kappa shape index (κ3) is 2.74. The molecule has 1 atom stereocenters. The quantitative estimate of drug-likeness (QED) is 0.671. The van der Waals surface area contributed by atoms with E-state index in [2.05, 4.69) is 9.97 Å². The van der Waals surface area contributed by atoms with Crippen molar-refractivity contribution in [1.29, 1.82) is 0 Å². The Kier molecular flexibility index (Phi) is 3.93. The van der Waals surface area contributed by atoms with Gasteiger partial charge in [-0.1, -0.05) is 0 Å². The van der Waals surface area contributed by atoms with Gasteiger partial charge in [0.2, 0.25) is 0 Å². The molecule has 0 radical (unpaired) electrons. The van der Waals surface area contributed by atoms with E-state index in [-0.39, 0.29) is 18.2 Å². The average Bonchev–Trinajstić information content (AvgIpc) is 2.93. The van der Waals surface area contributed by atoms with Crippen LogP contribution in [0.2, 0.25) is 0 Å². The van der Waals surface area contributed by atoms with Gasteiger partial charge in [-0.3, -0.25) is 4.79 Å². The van der Waals surface area contributed by atoms with Crippen LogP contribution in [0.15, 0.2) is 12.5 Å². The largest absolute Gasteiger partial charge is 0.469 e. The molecule has 1 unspecified atom stereocenters. The van der Waals surface area contributed by atoms with Gasteiger partial charge < -0.3 is 19.0 Å². The molecule has 1 aliphatic heterocycles. The number of H-pyrrole nitrogens is 1. The van der Waals surface area contributed by atoms with Crippen molar-refractivity contribution in [2.45, 2.75) is 51.1 Å². The number of hydrogen-bond donors (Lipinski definition) is 1. The van der Waals surface area contributed by atoms with E-state index in [4.69, 9.17) is 14.0 Å². The topological polar surface area (TPSA) is 73.4 Å². The zero-order valence-corrected chi connectivity index (χ0v) is 12.6. The molecule has 20 heavy (non-hydrogen) atoms. The molecule has 6 nitrogen and oxygen atoms in total. The maximum Gasteiger partial charge on any atom is 0.468 e. The van der Waals surface area contributed by atoms with E-state index >= 15 is 0 Å². The first-order valence-electron chi connectivity index (χ1n) is 6.67. The van der Waals surface area contributed by atoms with Gasteiger partial charge in [0.1, 0.15) is 0 Å². The lowest BCUT2D eigenvalue weighted by Crippen LogP contribution is -2.41. The van der Waals surface area contributed by atoms with Crippen LogP contribution in [0.3, 0.4) is 0 Å². The smallest absolute Gasteiger partial charge is 0.468 e.